The molecule has 0 aromatic heterocycles. The maximum absolute atomic E-state index is 13.5. The molecule has 21 heavy (non-hydrogen) atoms. The van der Waals surface area contributed by atoms with Crippen LogP contribution in [0.4, 0.5) is 4.39 Å². The van der Waals surface area contributed by atoms with Crippen LogP contribution in [0.15, 0.2) is 0 Å². The lowest BCUT2D eigenvalue weighted by atomic mass is 10.2. The van der Waals surface area contributed by atoms with Gasteiger partial charge in [-0.25, -0.2) is 4.39 Å². The lowest BCUT2D eigenvalue weighted by molar-refractivity contribution is -0.119. The molecule has 0 fully saturated rings. The Morgan fingerprint density at radius 1 is 1.14 bits per heavy atom. The molecule has 0 saturated carbocycles. The lowest BCUT2D eigenvalue weighted by Crippen LogP contribution is -2.35. The molecular weight excluding hydrogens is 279 g/mol. The average molecular weight is 308 g/mol. The molecule has 0 aromatic rings. The third-order valence-corrected chi connectivity index (χ3v) is 2.71. The first kappa shape index (κ1) is 20.2. The number of halogens is 1. The molecule has 1 amide bonds. The smallest absolute Gasteiger partial charge is 0.216 e. The second kappa shape index (κ2) is 14.2. The van der Waals surface area contributed by atoms with Gasteiger partial charge in [0.15, 0.2) is 0 Å². The molecule has 6 nitrogen and oxygen atoms in total. The van der Waals surface area contributed by atoms with Gasteiger partial charge in [-0.15, -0.1) is 0 Å². The number of carbonyl (C=O) groups is 1. The van der Waals surface area contributed by atoms with E-state index < -0.39 is 12.3 Å². The molecule has 0 spiro atoms. The van der Waals surface area contributed by atoms with Gasteiger partial charge in [-0.2, -0.15) is 0 Å². The Kier molecular flexibility index (Phi) is 13.7. The van der Waals surface area contributed by atoms with Gasteiger partial charge in [0.2, 0.25) is 5.91 Å². The minimum atomic E-state index is -1.22. The standard InChI is InChI=1S/C14H29FN2O4/c1-4-16-5-6-19-7-8-20-9-10-21-12(2)14(15)11-17-13(3)18/h12,14,16H,4-11H2,1-3H3,(H,17,18). The van der Waals surface area contributed by atoms with E-state index in [0.717, 1.165) is 13.1 Å². The molecule has 2 atom stereocenters. The van der Waals surface area contributed by atoms with Gasteiger partial charge in [0.1, 0.15) is 6.17 Å². The van der Waals surface area contributed by atoms with Crippen molar-refractivity contribution < 1.29 is 23.4 Å². The summed E-state index contributed by atoms with van der Waals surface area (Å²) in [5, 5.41) is 5.57. The van der Waals surface area contributed by atoms with Gasteiger partial charge in [-0.3, -0.25) is 4.79 Å². The summed E-state index contributed by atoms with van der Waals surface area (Å²) in [6.07, 6.45) is -1.79. The lowest BCUT2D eigenvalue weighted by Gasteiger charge is -2.17. The van der Waals surface area contributed by atoms with E-state index in [4.69, 9.17) is 14.2 Å². The zero-order valence-corrected chi connectivity index (χ0v) is 13.3. The molecule has 2 N–H and O–H groups in total. The van der Waals surface area contributed by atoms with E-state index in [-0.39, 0.29) is 12.5 Å². The number of hydrogen-bond donors (Lipinski definition) is 2. The largest absolute Gasteiger partial charge is 0.378 e. The molecule has 0 rings (SSSR count). The van der Waals surface area contributed by atoms with Crippen molar-refractivity contribution in [3.63, 3.8) is 0 Å². The van der Waals surface area contributed by atoms with Crippen LogP contribution in [0, 0.1) is 0 Å². The number of rotatable bonds is 14. The van der Waals surface area contributed by atoms with E-state index in [0.29, 0.717) is 33.0 Å². The molecule has 0 aliphatic rings. The number of ether oxygens (including phenoxy) is 3. The zero-order chi connectivity index (χ0) is 15.9. The van der Waals surface area contributed by atoms with E-state index in [1.165, 1.54) is 6.92 Å². The third kappa shape index (κ3) is 14.0. The summed E-state index contributed by atoms with van der Waals surface area (Å²) in [7, 11) is 0. The summed E-state index contributed by atoms with van der Waals surface area (Å²) in [4.78, 5) is 10.7. The number of amides is 1. The van der Waals surface area contributed by atoms with Crippen molar-refractivity contribution in [2.75, 3.05) is 52.7 Å². The van der Waals surface area contributed by atoms with Crippen LogP contribution in [-0.4, -0.2) is 70.9 Å². The molecule has 0 heterocycles. The second-order valence-corrected chi connectivity index (χ2v) is 4.61. The van der Waals surface area contributed by atoms with Crippen molar-refractivity contribution in [2.24, 2.45) is 0 Å². The van der Waals surface area contributed by atoms with Crippen molar-refractivity contribution in [1.29, 1.82) is 0 Å². The fourth-order valence-electron chi connectivity index (χ4n) is 1.45. The second-order valence-electron chi connectivity index (χ2n) is 4.61. The Morgan fingerprint density at radius 3 is 2.38 bits per heavy atom. The Labute approximate surface area is 126 Å². The highest BCUT2D eigenvalue weighted by molar-refractivity contribution is 5.72. The molecule has 0 aliphatic carbocycles. The summed E-state index contributed by atoms with van der Waals surface area (Å²) in [5.74, 6) is -0.248. The van der Waals surface area contributed by atoms with Crippen LogP contribution >= 0.6 is 0 Å². The summed E-state index contributed by atoms with van der Waals surface area (Å²) < 4.78 is 29.5. The van der Waals surface area contributed by atoms with E-state index >= 15 is 0 Å². The van der Waals surface area contributed by atoms with Crippen molar-refractivity contribution >= 4 is 5.91 Å². The van der Waals surface area contributed by atoms with E-state index in [9.17, 15) is 9.18 Å². The van der Waals surface area contributed by atoms with Gasteiger partial charge in [0.25, 0.3) is 0 Å². The summed E-state index contributed by atoms with van der Waals surface area (Å²) >= 11 is 0. The van der Waals surface area contributed by atoms with Crippen molar-refractivity contribution in [2.45, 2.75) is 33.0 Å². The molecule has 126 valence electrons. The van der Waals surface area contributed by atoms with Gasteiger partial charge in [-0.05, 0) is 13.5 Å². The molecule has 7 heteroatoms. The molecule has 0 radical (unpaired) electrons. The average Bonchev–Trinajstić information content (AvgIpc) is 2.46. The first-order chi connectivity index (χ1) is 10.1. The quantitative estimate of drug-likeness (QED) is 0.458. The number of hydrogen-bond acceptors (Lipinski definition) is 5. The predicted molar refractivity (Wildman–Crippen MR) is 79.2 cm³/mol. The highest BCUT2D eigenvalue weighted by Crippen LogP contribution is 2.02. The van der Waals surface area contributed by atoms with Crippen molar-refractivity contribution in [1.82, 2.24) is 10.6 Å². The van der Waals surface area contributed by atoms with Crippen LogP contribution in [0.3, 0.4) is 0 Å². The Bertz CT molecular complexity index is 257. The van der Waals surface area contributed by atoms with Crippen LogP contribution < -0.4 is 10.6 Å². The van der Waals surface area contributed by atoms with Gasteiger partial charge in [-0.1, -0.05) is 6.92 Å². The normalized spacial score (nSPS) is 13.9. The van der Waals surface area contributed by atoms with E-state index in [2.05, 4.69) is 10.6 Å². The predicted octanol–water partition coefficient (Wildman–Crippen LogP) is 0.508. The van der Waals surface area contributed by atoms with Crippen LogP contribution in [0.25, 0.3) is 0 Å². The summed E-state index contributed by atoms with van der Waals surface area (Å²) in [6.45, 7) is 9.19. The van der Waals surface area contributed by atoms with Crippen LogP contribution in [-0.2, 0) is 19.0 Å². The molecular formula is C14H29FN2O4. The van der Waals surface area contributed by atoms with Crippen molar-refractivity contribution in [3.05, 3.63) is 0 Å². The SMILES string of the molecule is CCNCCOCCOCCOC(C)C(F)CNC(C)=O. The van der Waals surface area contributed by atoms with E-state index in [1.54, 1.807) is 6.92 Å². The first-order valence-electron chi connectivity index (χ1n) is 7.44. The van der Waals surface area contributed by atoms with Gasteiger partial charge in [0.05, 0.1) is 45.7 Å². The van der Waals surface area contributed by atoms with Crippen LogP contribution in [0.5, 0.6) is 0 Å². The summed E-state index contributed by atoms with van der Waals surface area (Å²) in [6, 6.07) is 0. The number of carbonyl (C=O) groups excluding carboxylic acids is 1. The maximum atomic E-state index is 13.5. The Morgan fingerprint density at radius 2 is 1.76 bits per heavy atom. The fourth-order valence-corrected chi connectivity index (χ4v) is 1.45. The highest BCUT2D eigenvalue weighted by atomic mass is 19.1. The van der Waals surface area contributed by atoms with Crippen LogP contribution in [0.1, 0.15) is 20.8 Å². The summed E-state index contributed by atoms with van der Waals surface area (Å²) in [5.41, 5.74) is 0. The van der Waals surface area contributed by atoms with E-state index in [1.807, 2.05) is 6.92 Å². The monoisotopic (exact) mass is 308 g/mol. The number of likely N-dealkylation sites (N-methyl/N-ethyl adjacent to an activating group) is 1. The van der Waals surface area contributed by atoms with Crippen molar-refractivity contribution in [3.8, 4) is 0 Å². The fraction of sp³-hybridized carbons (Fsp3) is 0.929. The number of alkyl halides is 1. The third-order valence-electron chi connectivity index (χ3n) is 2.71. The number of nitrogens with one attached hydrogen (secondary N) is 2. The van der Waals surface area contributed by atoms with Gasteiger partial charge < -0.3 is 24.8 Å². The molecule has 0 bridgehead atoms. The topological polar surface area (TPSA) is 68.8 Å². The molecule has 0 aliphatic heterocycles. The zero-order valence-electron chi connectivity index (χ0n) is 13.3. The molecule has 0 saturated heterocycles. The minimum Gasteiger partial charge on any atom is -0.378 e. The van der Waals surface area contributed by atoms with Gasteiger partial charge >= 0.3 is 0 Å². The highest BCUT2D eigenvalue weighted by Gasteiger charge is 2.16. The molecule has 0 aromatic carbocycles. The molecule has 2 unspecified atom stereocenters. The van der Waals surface area contributed by atoms with Crippen LogP contribution in [0.2, 0.25) is 0 Å². The maximum Gasteiger partial charge on any atom is 0.216 e. The Balaban J connectivity index is 3.31. The van der Waals surface area contributed by atoms with Gasteiger partial charge in [0, 0.05) is 13.5 Å². The first-order valence-corrected chi connectivity index (χ1v) is 7.44. The minimum absolute atomic E-state index is 0.0308. The Hall–Kier alpha value is -0.760.